The topological polar surface area (TPSA) is 87.1 Å². The fourth-order valence-corrected chi connectivity index (χ4v) is 1.85. The summed E-state index contributed by atoms with van der Waals surface area (Å²) in [6.07, 6.45) is -3.71. The molecule has 2 N–H and O–H groups in total. The van der Waals surface area contributed by atoms with E-state index in [2.05, 4.69) is 0 Å². The van der Waals surface area contributed by atoms with Gasteiger partial charge in [-0.1, -0.05) is 0 Å². The Labute approximate surface area is 96.3 Å². The number of nitrogens with zero attached hydrogens (tertiary/aromatic N) is 1. The quantitative estimate of drug-likeness (QED) is 0.591. The minimum atomic E-state index is -1.81. The number of aliphatic hydroxyl groups is 2. The van der Waals surface area contributed by atoms with Crippen LogP contribution in [0.2, 0.25) is 0 Å². The smallest absolute Gasteiger partial charge is 0.236 e. The van der Waals surface area contributed by atoms with E-state index >= 15 is 0 Å². The van der Waals surface area contributed by atoms with E-state index in [4.69, 9.17) is 9.84 Å². The van der Waals surface area contributed by atoms with Crippen molar-refractivity contribution in [1.29, 1.82) is 0 Å². The molecule has 0 saturated carbocycles. The summed E-state index contributed by atoms with van der Waals surface area (Å²) >= 11 is 0. The normalized spacial score (nSPS) is 37.9. The van der Waals surface area contributed by atoms with E-state index in [9.17, 15) is 19.1 Å². The molecular weight excluding hydrogens is 233 g/mol. The fourth-order valence-electron chi connectivity index (χ4n) is 1.85. The highest BCUT2D eigenvalue weighted by Crippen LogP contribution is 2.28. The molecular formula is C10H12FNO5. The summed E-state index contributed by atoms with van der Waals surface area (Å²) in [7, 11) is 0. The predicted molar refractivity (Wildman–Crippen MR) is 52.3 cm³/mol. The molecule has 94 valence electrons. The predicted octanol–water partition coefficient (Wildman–Crippen LogP) is -1.28. The van der Waals surface area contributed by atoms with Gasteiger partial charge < -0.3 is 14.9 Å². The van der Waals surface area contributed by atoms with E-state index < -0.39 is 37.1 Å². The summed E-state index contributed by atoms with van der Waals surface area (Å²) in [4.78, 5) is 23.4. The number of ketones is 1. The molecule has 6 nitrogen and oxygen atoms in total. The lowest BCUT2D eigenvalue weighted by atomic mass is 10.1. The Hall–Kier alpha value is -1.31. The summed E-state index contributed by atoms with van der Waals surface area (Å²) in [5.41, 5.74) is 0. The van der Waals surface area contributed by atoms with E-state index in [1.807, 2.05) is 0 Å². The van der Waals surface area contributed by atoms with Crippen molar-refractivity contribution in [3.8, 4) is 0 Å². The minimum Gasteiger partial charge on any atom is -0.394 e. The molecule has 2 aliphatic heterocycles. The van der Waals surface area contributed by atoms with Gasteiger partial charge >= 0.3 is 0 Å². The first-order valence-electron chi connectivity index (χ1n) is 5.15. The number of aliphatic hydroxyl groups excluding tert-OH is 2. The molecule has 17 heavy (non-hydrogen) atoms. The van der Waals surface area contributed by atoms with E-state index in [0.717, 1.165) is 17.2 Å². The van der Waals surface area contributed by atoms with Gasteiger partial charge in [0.1, 0.15) is 12.2 Å². The van der Waals surface area contributed by atoms with E-state index in [1.165, 1.54) is 0 Å². The maximum absolute atomic E-state index is 13.7. The summed E-state index contributed by atoms with van der Waals surface area (Å²) < 4.78 is 18.7. The zero-order valence-corrected chi connectivity index (χ0v) is 8.82. The minimum absolute atomic E-state index is 0.344. The van der Waals surface area contributed by atoms with Gasteiger partial charge in [0.2, 0.25) is 5.91 Å². The van der Waals surface area contributed by atoms with Crippen molar-refractivity contribution in [2.75, 3.05) is 6.61 Å². The lowest BCUT2D eigenvalue weighted by molar-refractivity contribution is -0.146. The van der Waals surface area contributed by atoms with Crippen LogP contribution in [0.15, 0.2) is 12.3 Å². The monoisotopic (exact) mass is 245 g/mol. The molecule has 0 unspecified atom stereocenters. The van der Waals surface area contributed by atoms with Gasteiger partial charge in [0, 0.05) is 6.20 Å². The fraction of sp³-hybridized carbons (Fsp3) is 0.600. The third kappa shape index (κ3) is 2.08. The van der Waals surface area contributed by atoms with Crippen molar-refractivity contribution in [1.82, 2.24) is 4.90 Å². The Morgan fingerprint density at radius 1 is 1.53 bits per heavy atom. The molecule has 0 spiro atoms. The lowest BCUT2D eigenvalue weighted by Gasteiger charge is -2.28. The highest BCUT2D eigenvalue weighted by molar-refractivity contribution is 6.06. The average molecular weight is 245 g/mol. The first kappa shape index (κ1) is 12.2. The third-order valence-electron chi connectivity index (χ3n) is 2.78. The molecule has 4 atom stereocenters. The van der Waals surface area contributed by atoms with Gasteiger partial charge in [-0.2, -0.15) is 0 Å². The Morgan fingerprint density at radius 2 is 2.24 bits per heavy atom. The number of hydrogen-bond donors (Lipinski definition) is 2. The molecule has 2 heterocycles. The largest absolute Gasteiger partial charge is 0.394 e. The van der Waals surface area contributed by atoms with Gasteiger partial charge in [-0.25, -0.2) is 4.39 Å². The first-order chi connectivity index (χ1) is 8.04. The Kier molecular flexibility index (Phi) is 3.23. The first-order valence-corrected chi connectivity index (χ1v) is 5.15. The number of halogens is 1. The molecule has 0 aliphatic carbocycles. The number of alkyl halides is 1. The van der Waals surface area contributed by atoms with Gasteiger partial charge in [0.05, 0.1) is 13.0 Å². The second kappa shape index (κ2) is 4.52. The van der Waals surface area contributed by atoms with E-state index in [-0.39, 0.29) is 12.2 Å². The van der Waals surface area contributed by atoms with Crippen LogP contribution in [-0.2, 0) is 14.3 Å². The van der Waals surface area contributed by atoms with Gasteiger partial charge in [0.15, 0.2) is 18.2 Å². The number of hydrogen-bond acceptors (Lipinski definition) is 5. The van der Waals surface area contributed by atoms with Gasteiger partial charge in [-0.15, -0.1) is 0 Å². The summed E-state index contributed by atoms with van der Waals surface area (Å²) in [6.45, 7) is -0.539. The molecule has 0 aromatic carbocycles. The molecule has 0 aromatic heterocycles. The molecule has 7 heteroatoms. The third-order valence-corrected chi connectivity index (χ3v) is 2.78. The zero-order chi connectivity index (χ0) is 12.6. The number of ether oxygens (including phenoxy) is 1. The van der Waals surface area contributed by atoms with Crippen LogP contribution in [0.3, 0.4) is 0 Å². The average Bonchev–Trinajstić information content (AvgIpc) is 2.57. The van der Waals surface area contributed by atoms with E-state index in [1.54, 1.807) is 0 Å². The van der Waals surface area contributed by atoms with Crippen molar-refractivity contribution in [2.24, 2.45) is 0 Å². The molecule has 0 bridgehead atoms. The summed E-state index contributed by atoms with van der Waals surface area (Å²) in [5, 5.41) is 18.3. The molecule has 0 aromatic rings. The number of carbonyl (C=O) groups excluding carboxylic acids is 2. The van der Waals surface area contributed by atoms with Crippen LogP contribution in [0.5, 0.6) is 0 Å². The van der Waals surface area contributed by atoms with Crippen LogP contribution >= 0.6 is 0 Å². The maximum atomic E-state index is 13.7. The van der Waals surface area contributed by atoms with Crippen LogP contribution in [0.4, 0.5) is 4.39 Å². The molecule has 0 radical (unpaired) electrons. The highest BCUT2D eigenvalue weighted by atomic mass is 19.1. The molecule has 1 fully saturated rings. The standard InChI is InChI=1S/C10H12FNO5/c11-8-9(16)6(4-13)17-10(8)12-2-1-5(14)3-7(12)15/h1-2,6,8-10,13,16H,3-4H2/t6-,8-,9-,10-/m0/s1. The maximum Gasteiger partial charge on any atom is 0.236 e. The van der Waals surface area contributed by atoms with Crippen molar-refractivity contribution < 1.29 is 28.9 Å². The number of allylic oxidation sites excluding steroid dienone is 1. The molecule has 2 aliphatic rings. The summed E-state index contributed by atoms with van der Waals surface area (Å²) in [5.74, 6) is -0.949. The molecule has 2 rings (SSSR count). The van der Waals surface area contributed by atoms with Crippen molar-refractivity contribution in [2.45, 2.75) is 31.0 Å². The Bertz CT molecular complexity index is 372. The Morgan fingerprint density at radius 3 is 2.76 bits per heavy atom. The van der Waals surface area contributed by atoms with Gasteiger partial charge in [-0.05, 0) is 6.08 Å². The van der Waals surface area contributed by atoms with Crippen molar-refractivity contribution in [3.63, 3.8) is 0 Å². The second-order valence-electron chi connectivity index (χ2n) is 3.94. The van der Waals surface area contributed by atoms with Crippen LogP contribution in [0.1, 0.15) is 6.42 Å². The number of carbonyl (C=O) groups is 2. The van der Waals surface area contributed by atoms with Crippen LogP contribution in [0, 0.1) is 0 Å². The highest BCUT2D eigenvalue weighted by Gasteiger charge is 2.48. The second-order valence-corrected chi connectivity index (χ2v) is 3.94. The summed E-state index contributed by atoms with van der Waals surface area (Å²) in [6, 6.07) is 0. The zero-order valence-electron chi connectivity index (χ0n) is 8.82. The lowest BCUT2D eigenvalue weighted by Crippen LogP contribution is -2.44. The van der Waals surface area contributed by atoms with Crippen LogP contribution in [0.25, 0.3) is 0 Å². The SMILES string of the molecule is O=C1C=CN([C@H]2O[C@@H](CO)[C@H](O)[C@@H]2F)C(=O)C1. The van der Waals surface area contributed by atoms with Crippen LogP contribution in [-0.4, -0.2) is 58.0 Å². The van der Waals surface area contributed by atoms with E-state index in [0.29, 0.717) is 0 Å². The van der Waals surface area contributed by atoms with Gasteiger partial charge in [-0.3, -0.25) is 14.5 Å². The van der Waals surface area contributed by atoms with Crippen molar-refractivity contribution >= 4 is 11.7 Å². The number of rotatable bonds is 2. The molecule has 1 saturated heterocycles. The molecule has 1 amide bonds. The van der Waals surface area contributed by atoms with Crippen LogP contribution < -0.4 is 0 Å². The van der Waals surface area contributed by atoms with Crippen molar-refractivity contribution in [3.05, 3.63) is 12.3 Å². The number of amides is 1. The Balaban J connectivity index is 2.16. The van der Waals surface area contributed by atoms with Gasteiger partial charge in [0.25, 0.3) is 0 Å².